The van der Waals surface area contributed by atoms with E-state index in [0.717, 1.165) is 0 Å². The average molecular weight is 275 g/mol. The monoisotopic (exact) mass is 275 g/mol. The van der Waals surface area contributed by atoms with Gasteiger partial charge in [-0.05, 0) is 0 Å². The minimum absolute atomic E-state index is 0.187. The predicted octanol–water partition coefficient (Wildman–Crippen LogP) is -2.10. The van der Waals surface area contributed by atoms with Crippen LogP contribution in [0.25, 0.3) is 0 Å². The van der Waals surface area contributed by atoms with E-state index in [0.29, 0.717) is 5.82 Å². The van der Waals surface area contributed by atoms with Crippen molar-refractivity contribution in [2.75, 3.05) is 6.61 Å². The molecule has 10 nitrogen and oxygen atoms in total. The Labute approximate surface area is 106 Å². The van der Waals surface area contributed by atoms with Gasteiger partial charge in [-0.15, -0.1) is 0 Å². The van der Waals surface area contributed by atoms with E-state index in [9.17, 15) is 15.0 Å². The Morgan fingerprint density at radius 2 is 2.26 bits per heavy atom. The van der Waals surface area contributed by atoms with E-state index in [2.05, 4.69) is 24.7 Å². The van der Waals surface area contributed by atoms with Gasteiger partial charge < -0.3 is 29.5 Å². The molecule has 0 bridgehead atoms. The number of carbonyl (C=O) groups excluding carboxylic acids is 1. The summed E-state index contributed by atoms with van der Waals surface area (Å²) in [6, 6.07) is 0. The Morgan fingerprint density at radius 3 is 2.84 bits per heavy atom. The Hall–Kier alpha value is -1.75. The lowest BCUT2D eigenvalue weighted by Crippen LogP contribution is -2.35. The smallest absolute Gasteiger partial charge is 0.426 e. The minimum Gasteiger partial charge on any atom is -0.426 e. The van der Waals surface area contributed by atoms with Crippen LogP contribution >= 0.6 is 0 Å². The summed E-state index contributed by atoms with van der Waals surface area (Å²) >= 11 is 0. The zero-order chi connectivity index (χ0) is 13.8. The SMILES string of the molecule is O=C(OCc1ncn[nH]1)O[C@@H]1O[C@H](CO)[C@@H](O)[C@H]1O. The molecule has 0 saturated carbocycles. The first kappa shape index (κ1) is 13.7. The molecule has 1 aliphatic heterocycles. The minimum atomic E-state index is -1.45. The van der Waals surface area contributed by atoms with E-state index in [1.807, 2.05) is 0 Å². The number of aromatic nitrogens is 3. The fourth-order valence-corrected chi connectivity index (χ4v) is 1.52. The highest BCUT2D eigenvalue weighted by atomic mass is 16.8. The second kappa shape index (κ2) is 5.93. The molecule has 1 aromatic rings. The zero-order valence-electron chi connectivity index (χ0n) is 9.67. The first-order valence-electron chi connectivity index (χ1n) is 5.42. The lowest BCUT2D eigenvalue weighted by Gasteiger charge is -2.14. The summed E-state index contributed by atoms with van der Waals surface area (Å²) in [5.41, 5.74) is 0. The Bertz CT molecular complexity index is 412. The van der Waals surface area contributed by atoms with Gasteiger partial charge in [-0.2, -0.15) is 5.10 Å². The van der Waals surface area contributed by atoms with Crippen molar-refractivity contribution in [3.63, 3.8) is 0 Å². The van der Waals surface area contributed by atoms with Gasteiger partial charge in [0, 0.05) is 0 Å². The van der Waals surface area contributed by atoms with Gasteiger partial charge in [0.05, 0.1) is 6.61 Å². The van der Waals surface area contributed by atoms with Crippen LogP contribution in [-0.4, -0.2) is 67.9 Å². The van der Waals surface area contributed by atoms with Crippen molar-refractivity contribution in [2.24, 2.45) is 0 Å². The van der Waals surface area contributed by atoms with Crippen LogP contribution < -0.4 is 0 Å². The van der Waals surface area contributed by atoms with Crippen LogP contribution in [0.3, 0.4) is 0 Å². The molecule has 10 heteroatoms. The van der Waals surface area contributed by atoms with Crippen molar-refractivity contribution in [3.8, 4) is 0 Å². The van der Waals surface area contributed by atoms with E-state index in [1.165, 1.54) is 6.33 Å². The number of hydrogen-bond acceptors (Lipinski definition) is 9. The molecule has 19 heavy (non-hydrogen) atoms. The molecule has 1 saturated heterocycles. The number of ether oxygens (including phenoxy) is 3. The number of aliphatic hydroxyl groups excluding tert-OH is 3. The molecule has 4 N–H and O–H groups in total. The van der Waals surface area contributed by atoms with Crippen LogP contribution in [0.2, 0.25) is 0 Å². The fraction of sp³-hybridized carbons (Fsp3) is 0.667. The largest absolute Gasteiger partial charge is 0.511 e. The van der Waals surface area contributed by atoms with Crippen molar-refractivity contribution in [2.45, 2.75) is 31.2 Å². The van der Waals surface area contributed by atoms with Crippen LogP contribution in [0.15, 0.2) is 6.33 Å². The average Bonchev–Trinajstić information content (AvgIpc) is 3.00. The fourth-order valence-electron chi connectivity index (χ4n) is 1.52. The van der Waals surface area contributed by atoms with Gasteiger partial charge >= 0.3 is 6.16 Å². The predicted molar refractivity (Wildman–Crippen MR) is 55.4 cm³/mol. The second-order valence-electron chi connectivity index (χ2n) is 3.80. The van der Waals surface area contributed by atoms with Crippen LogP contribution in [-0.2, 0) is 20.8 Å². The molecule has 0 spiro atoms. The van der Waals surface area contributed by atoms with Crippen molar-refractivity contribution < 1.29 is 34.3 Å². The molecule has 2 heterocycles. The molecule has 0 aromatic carbocycles. The summed E-state index contributed by atoms with van der Waals surface area (Å²) in [5, 5.41) is 33.8. The van der Waals surface area contributed by atoms with Gasteiger partial charge in [0.15, 0.2) is 12.4 Å². The standard InChI is InChI=1S/C9H13N3O7/c13-1-4-6(14)7(15)8(18-4)19-9(16)17-2-5-10-3-11-12-5/h3-4,6-8,13-15H,1-2H2,(H,10,11,12)/t4-,6-,7-,8+/m1/s1. The van der Waals surface area contributed by atoms with Gasteiger partial charge in [-0.3, -0.25) is 5.10 Å². The van der Waals surface area contributed by atoms with E-state index < -0.39 is 37.4 Å². The third-order valence-electron chi connectivity index (χ3n) is 2.50. The molecule has 2 rings (SSSR count). The molecule has 4 atom stereocenters. The normalized spacial score (nSPS) is 30.3. The van der Waals surface area contributed by atoms with E-state index in [1.54, 1.807) is 0 Å². The maximum atomic E-state index is 11.3. The molecular weight excluding hydrogens is 262 g/mol. The lowest BCUT2D eigenvalue weighted by atomic mass is 10.1. The summed E-state index contributed by atoms with van der Waals surface area (Å²) in [6.45, 7) is -0.696. The quantitative estimate of drug-likeness (QED) is 0.453. The van der Waals surface area contributed by atoms with Gasteiger partial charge in [0.2, 0.25) is 6.29 Å². The molecular formula is C9H13N3O7. The Morgan fingerprint density at radius 1 is 1.47 bits per heavy atom. The van der Waals surface area contributed by atoms with Gasteiger partial charge in [0.1, 0.15) is 24.6 Å². The number of nitrogens with one attached hydrogen (secondary N) is 1. The molecule has 0 aliphatic carbocycles. The number of carbonyl (C=O) groups is 1. The zero-order valence-corrected chi connectivity index (χ0v) is 9.67. The van der Waals surface area contributed by atoms with Crippen LogP contribution in [0.4, 0.5) is 4.79 Å². The van der Waals surface area contributed by atoms with Crippen molar-refractivity contribution >= 4 is 6.16 Å². The lowest BCUT2D eigenvalue weighted by molar-refractivity contribution is -0.150. The second-order valence-corrected chi connectivity index (χ2v) is 3.80. The number of aromatic amines is 1. The van der Waals surface area contributed by atoms with Gasteiger partial charge in [-0.1, -0.05) is 0 Å². The number of rotatable bonds is 4. The Balaban J connectivity index is 1.79. The summed E-state index contributed by atoms with van der Waals surface area (Å²) < 4.78 is 14.3. The Kier molecular flexibility index (Phi) is 4.27. The summed E-state index contributed by atoms with van der Waals surface area (Å²) in [7, 11) is 0. The van der Waals surface area contributed by atoms with E-state index in [4.69, 9.17) is 9.84 Å². The maximum Gasteiger partial charge on any atom is 0.511 e. The third kappa shape index (κ3) is 3.17. The topological polar surface area (TPSA) is 147 Å². The summed E-state index contributed by atoms with van der Waals surface area (Å²) in [4.78, 5) is 15.0. The number of nitrogens with zero attached hydrogens (tertiary/aromatic N) is 2. The van der Waals surface area contributed by atoms with E-state index in [-0.39, 0.29) is 6.61 Å². The van der Waals surface area contributed by atoms with Gasteiger partial charge in [0.25, 0.3) is 0 Å². The molecule has 0 unspecified atom stereocenters. The maximum absolute atomic E-state index is 11.3. The molecule has 1 aliphatic rings. The molecule has 0 amide bonds. The van der Waals surface area contributed by atoms with Crippen molar-refractivity contribution in [1.82, 2.24) is 15.2 Å². The third-order valence-corrected chi connectivity index (χ3v) is 2.50. The van der Waals surface area contributed by atoms with Gasteiger partial charge in [-0.25, -0.2) is 9.78 Å². The first-order valence-corrected chi connectivity index (χ1v) is 5.42. The molecule has 1 aromatic heterocycles. The highest BCUT2D eigenvalue weighted by molar-refractivity contribution is 5.60. The number of H-pyrrole nitrogens is 1. The highest BCUT2D eigenvalue weighted by Crippen LogP contribution is 2.22. The van der Waals surface area contributed by atoms with Crippen LogP contribution in [0.5, 0.6) is 0 Å². The number of hydrogen-bond donors (Lipinski definition) is 4. The van der Waals surface area contributed by atoms with Crippen LogP contribution in [0.1, 0.15) is 5.82 Å². The number of aliphatic hydroxyl groups is 3. The molecule has 1 fully saturated rings. The summed E-state index contributed by atoms with van der Waals surface area (Å²) in [5.74, 6) is 0.318. The van der Waals surface area contributed by atoms with E-state index >= 15 is 0 Å². The summed E-state index contributed by atoms with van der Waals surface area (Å²) in [6.07, 6.45) is -5.05. The first-order chi connectivity index (χ1) is 9.11. The molecule has 0 radical (unpaired) electrons. The highest BCUT2D eigenvalue weighted by Gasteiger charge is 2.44. The van der Waals surface area contributed by atoms with Crippen molar-refractivity contribution in [1.29, 1.82) is 0 Å². The van der Waals surface area contributed by atoms with Crippen molar-refractivity contribution in [3.05, 3.63) is 12.2 Å². The van der Waals surface area contributed by atoms with Crippen LogP contribution in [0, 0.1) is 0 Å². The molecule has 106 valence electrons.